The molecule has 0 spiro atoms. The molecule has 4 nitrogen and oxygen atoms in total. The number of hydrogen-bond acceptors (Lipinski definition) is 5. The van der Waals surface area contributed by atoms with Gasteiger partial charge < -0.3 is 14.6 Å². The van der Waals surface area contributed by atoms with E-state index in [1.807, 2.05) is 31.2 Å². The van der Waals surface area contributed by atoms with Gasteiger partial charge in [0.15, 0.2) is 0 Å². The Bertz CT molecular complexity index is 500. The van der Waals surface area contributed by atoms with Crippen molar-refractivity contribution in [1.29, 1.82) is 0 Å². The molecule has 1 aromatic heterocycles. The highest BCUT2D eigenvalue weighted by Crippen LogP contribution is 2.22. The number of benzene rings is 1. The Labute approximate surface area is 116 Å². The third kappa shape index (κ3) is 3.45. The van der Waals surface area contributed by atoms with Gasteiger partial charge in [0.25, 0.3) is 0 Å². The van der Waals surface area contributed by atoms with Gasteiger partial charge in [0.2, 0.25) is 0 Å². The molecule has 1 aromatic carbocycles. The monoisotopic (exact) mass is 279 g/mol. The zero-order valence-corrected chi connectivity index (χ0v) is 11.9. The smallest absolute Gasteiger partial charge is 0.140 e. The molecular formula is C14H17NO3S. The van der Waals surface area contributed by atoms with Crippen molar-refractivity contribution in [1.82, 2.24) is 4.98 Å². The van der Waals surface area contributed by atoms with Crippen LogP contribution in [-0.4, -0.2) is 17.2 Å². The van der Waals surface area contributed by atoms with Gasteiger partial charge in [-0.2, -0.15) is 0 Å². The number of methoxy groups -OCH3 is 1. The number of aromatic nitrogens is 1. The molecule has 19 heavy (non-hydrogen) atoms. The topological polar surface area (TPSA) is 51.6 Å². The third-order valence-electron chi connectivity index (χ3n) is 2.72. The quantitative estimate of drug-likeness (QED) is 0.883. The summed E-state index contributed by atoms with van der Waals surface area (Å²) >= 11 is 1.50. The molecule has 1 N–H and O–H groups in total. The summed E-state index contributed by atoms with van der Waals surface area (Å²) in [6.45, 7) is 2.50. The first-order valence-electron chi connectivity index (χ1n) is 6.12. The number of aliphatic hydroxyl groups excluding tert-OH is 1. The van der Waals surface area contributed by atoms with E-state index >= 15 is 0 Å². The highest BCUT2D eigenvalue weighted by Gasteiger charge is 2.09. The van der Waals surface area contributed by atoms with Gasteiger partial charge in [-0.25, -0.2) is 4.98 Å². The van der Waals surface area contributed by atoms with Gasteiger partial charge in [0.05, 0.1) is 24.3 Å². The Morgan fingerprint density at radius 1 is 1.21 bits per heavy atom. The standard InChI is InChI=1S/C14H17NO3S/c1-3-12-13(8-16)19-14(15-12)9-18-11-6-4-10(17-2)5-7-11/h4-7,16H,3,8-9H2,1-2H3. The number of aliphatic hydroxyl groups is 1. The number of aryl methyl sites for hydroxylation is 1. The molecular weight excluding hydrogens is 262 g/mol. The Morgan fingerprint density at radius 2 is 1.89 bits per heavy atom. The van der Waals surface area contributed by atoms with Gasteiger partial charge in [-0.1, -0.05) is 6.92 Å². The lowest BCUT2D eigenvalue weighted by Crippen LogP contribution is -1.95. The van der Waals surface area contributed by atoms with Crippen LogP contribution in [0.3, 0.4) is 0 Å². The Balaban J connectivity index is 1.99. The van der Waals surface area contributed by atoms with E-state index in [4.69, 9.17) is 9.47 Å². The molecule has 0 atom stereocenters. The normalized spacial score (nSPS) is 10.5. The Kier molecular flexibility index (Phi) is 4.76. The predicted octanol–water partition coefficient (Wildman–Crippen LogP) is 2.79. The van der Waals surface area contributed by atoms with Gasteiger partial charge in [0, 0.05) is 0 Å². The van der Waals surface area contributed by atoms with Crippen molar-refractivity contribution in [3.05, 3.63) is 39.8 Å². The van der Waals surface area contributed by atoms with Crippen LogP contribution in [0, 0.1) is 0 Å². The van der Waals surface area contributed by atoms with Crippen molar-refractivity contribution in [3.8, 4) is 11.5 Å². The zero-order valence-electron chi connectivity index (χ0n) is 11.0. The van der Waals surface area contributed by atoms with E-state index in [2.05, 4.69) is 4.98 Å². The van der Waals surface area contributed by atoms with Crippen LogP contribution < -0.4 is 9.47 Å². The molecule has 0 saturated heterocycles. The van der Waals surface area contributed by atoms with Crippen molar-refractivity contribution in [2.45, 2.75) is 26.6 Å². The second kappa shape index (κ2) is 6.54. The number of rotatable bonds is 6. The molecule has 0 fully saturated rings. The maximum atomic E-state index is 9.22. The average molecular weight is 279 g/mol. The van der Waals surface area contributed by atoms with Gasteiger partial charge in [-0.15, -0.1) is 11.3 Å². The molecule has 2 aromatic rings. The highest BCUT2D eigenvalue weighted by molar-refractivity contribution is 7.11. The Morgan fingerprint density at radius 3 is 2.42 bits per heavy atom. The molecule has 0 amide bonds. The Hall–Kier alpha value is -1.59. The van der Waals surface area contributed by atoms with Crippen LogP contribution in [0.1, 0.15) is 22.5 Å². The van der Waals surface area contributed by atoms with E-state index in [1.165, 1.54) is 11.3 Å². The SMILES string of the molecule is CCc1nc(COc2ccc(OC)cc2)sc1CO. The van der Waals surface area contributed by atoms with E-state index in [0.717, 1.165) is 33.5 Å². The summed E-state index contributed by atoms with van der Waals surface area (Å²) in [5, 5.41) is 10.1. The summed E-state index contributed by atoms with van der Waals surface area (Å²) in [6.07, 6.45) is 0.828. The van der Waals surface area contributed by atoms with Crippen molar-refractivity contribution in [3.63, 3.8) is 0 Å². The first kappa shape index (κ1) is 13.8. The largest absolute Gasteiger partial charge is 0.497 e. The van der Waals surface area contributed by atoms with E-state index in [-0.39, 0.29) is 6.61 Å². The van der Waals surface area contributed by atoms with Gasteiger partial charge >= 0.3 is 0 Å². The summed E-state index contributed by atoms with van der Waals surface area (Å²) in [4.78, 5) is 5.38. The second-order valence-electron chi connectivity index (χ2n) is 3.95. The summed E-state index contributed by atoms with van der Waals surface area (Å²) < 4.78 is 10.7. The summed E-state index contributed by atoms with van der Waals surface area (Å²) in [5.41, 5.74) is 0.959. The molecule has 102 valence electrons. The molecule has 0 radical (unpaired) electrons. The lowest BCUT2D eigenvalue weighted by molar-refractivity contribution is 0.284. The second-order valence-corrected chi connectivity index (χ2v) is 5.12. The molecule has 1 heterocycles. The predicted molar refractivity (Wildman–Crippen MR) is 74.7 cm³/mol. The van der Waals surface area contributed by atoms with Crippen LogP contribution in [0.25, 0.3) is 0 Å². The van der Waals surface area contributed by atoms with Gasteiger partial charge in [-0.3, -0.25) is 0 Å². The summed E-state index contributed by atoms with van der Waals surface area (Å²) in [5.74, 6) is 1.58. The van der Waals surface area contributed by atoms with Crippen molar-refractivity contribution in [2.75, 3.05) is 7.11 Å². The molecule has 0 unspecified atom stereocenters. The van der Waals surface area contributed by atoms with Crippen LogP contribution in [0.4, 0.5) is 0 Å². The van der Waals surface area contributed by atoms with E-state index in [9.17, 15) is 5.11 Å². The van der Waals surface area contributed by atoms with Crippen molar-refractivity contribution in [2.24, 2.45) is 0 Å². The molecule has 0 saturated carbocycles. The lowest BCUT2D eigenvalue weighted by Gasteiger charge is -2.04. The molecule has 0 aliphatic carbocycles. The number of hydrogen-bond donors (Lipinski definition) is 1. The first-order valence-corrected chi connectivity index (χ1v) is 6.93. The number of nitrogens with zero attached hydrogens (tertiary/aromatic N) is 1. The first-order chi connectivity index (χ1) is 9.26. The summed E-state index contributed by atoms with van der Waals surface area (Å²) in [6, 6.07) is 7.43. The average Bonchev–Trinajstić information content (AvgIpc) is 2.88. The third-order valence-corrected chi connectivity index (χ3v) is 3.78. The maximum Gasteiger partial charge on any atom is 0.140 e. The van der Waals surface area contributed by atoms with E-state index in [0.29, 0.717) is 6.61 Å². The van der Waals surface area contributed by atoms with Crippen LogP contribution in [-0.2, 0) is 19.6 Å². The molecule has 0 aliphatic heterocycles. The fraction of sp³-hybridized carbons (Fsp3) is 0.357. The summed E-state index contributed by atoms with van der Waals surface area (Å²) in [7, 11) is 1.63. The van der Waals surface area contributed by atoms with Gasteiger partial charge in [0.1, 0.15) is 23.1 Å². The highest BCUT2D eigenvalue weighted by atomic mass is 32.1. The molecule has 5 heteroatoms. The number of ether oxygens (including phenoxy) is 2. The minimum Gasteiger partial charge on any atom is -0.497 e. The van der Waals surface area contributed by atoms with Crippen molar-refractivity contribution < 1.29 is 14.6 Å². The van der Waals surface area contributed by atoms with E-state index < -0.39 is 0 Å². The molecule has 0 bridgehead atoms. The fourth-order valence-corrected chi connectivity index (χ4v) is 2.65. The zero-order chi connectivity index (χ0) is 13.7. The van der Waals surface area contributed by atoms with Crippen LogP contribution in [0.5, 0.6) is 11.5 Å². The van der Waals surface area contributed by atoms with Crippen LogP contribution in [0.15, 0.2) is 24.3 Å². The fourth-order valence-electron chi connectivity index (χ4n) is 1.72. The maximum absolute atomic E-state index is 9.22. The van der Waals surface area contributed by atoms with Gasteiger partial charge in [-0.05, 0) is 30.7 Å². The van der Waals surface area contributed by atoms with Crippen LogP contribution in [0.2, 0.25) is 0 Å². The molecule has 2 rings (SSSR count). The van der Waals surface area contributed by atoms with E-state index in [1.54, 1.807) is 7.11 Å². The molecule has 0 aliphatic rings. The van der Waals surface area contributed by atoms with Crippen LogP contribution >= 0.6 is 11.3 Å². The van der Waals surface area contributed by atoms with Crippen molar-refractivity contribution >= 4 is 11.3 Å². The minimum absolute atomic E-state index is 0.0450. The minimum atomic E-state index is 0.0450. The number of thiazole rings is 1. The lowest BCUT2D eigenvalue weighted by atomic mass is 10.3.